The van der Waals surface area contributed by atoms with Crippen molar-refractivity contribution in [3.05, 3.63) is 65.0 Å². The molecule has 0 atom stereocenters. The first-order valence-corrected chi connectivity index (χ1v) is 6.26. The van der Waals surface area contributed by atoms with E-state index in [2.05, 4.69) is 5.32 Å². The summed E-state index contributed by atoms with van der Waals surface area (Å²) in [5.74, 6) is -4.83. The molecule has 0 aliphatic heterocycles. The average molecular weight is 294 g/mol. The molecule has 3 N–H and O–H groups in total. The number of hydrogen-bond acceptors (Lipinski definition) is 2. The van der Waals surface area contributed by atoms with E-state index in [4.69, 9.17) is 5.73 Å². The zero-order valence-corrected chi connectivity index (χ0v) is 11.0. The third-order valence-corrected chi connectivity index (χ3v) is 2.92. The number of hydrogen-bond donors (Lipinski definition) is 2. The Morgan fingerprint density at radius 3 is 2.33 bits per heavy atom. The van der Waals surface area contributed by atoms with Crippen LogP contribution in [0.1, 0.15) is 15.9 Å². The second-order valence-electron chi connectivity index (χ2n) is 4.40. The molecule has 0 bridgehead atoms. The fourth-order valence-corrected chi connectivity index (χ4v) is 1.94. The van der Waals surface area contributed by atoms with Crippen molar-refractivity contribution in [1.29, 1.82) is 0 Å². The van der Waals surface area contributed by atoms with Gasteiger partial charge in [-0.05, 0) is 24.6 Å². The third-order valence-electron chi connectivity index (χ3n) is 2.92. The van der Waals surface area contributed by atoms with E-state index >= 15 is 0 Å². The standard InChI is InChI=1S/C15H13F3N2O/c16-12-7-10(8-13(17)14(12)18)20-15(21)11-4-2-1-3-9(11)5-6-19/h1-4,7-8H,5-6,19H2,(H,20,21). The maximum atomic E-state index is 13.1. The van der Waals surface area contributed by atoms with Crippen molar-refractivity contribution in [2.75, 3.05) is 11.9 Å². The van der Waals surface area contributed by atoms with E-state index in [-0.39, 0.29) is 5.69 Å². The Kier molecular flexibility index (Phi) is 4.59. The molecule has 0 radical (unpaired) electrons. The Bertz CT molecular complexity index is 651. The van der Waals surface area contributed by atoms with E-state index in [0.29, 0.717) is 18.5 Å². The van der Waals surface area contributed by atoms with Crippen molar-refractivity contribution in [2.24, 2.45) is 5.73 Å². The third kappa shape index (κ3) is 3.41. The first-order valence-electron chi connectivity index (χ1n) is 6.26. The molecule has 2 aromatic rings. The molecule has 0 fully saturated rings. The molecule has 1 amide bonds. The molecule has 0 saturated carbocycles. The Hall–Kier alpha value is -2.34. The highest BCUT2D eigenvalue weighted by Crippen LogP contribution is 2.19. The lowest BCUT2D eigenvalue weighted by atomic mass is 10.0. The van der Waals surface area contributed by atoms with E-state index < -0.39 is 23.4 Å². The lowest BCUT2D eigenvalue weighted by molar-refractivity contribution is 0.102. The van der Waals surface area contributed by atoms with Crippen molar-refractivity contribution in [1.82, 2.24) is 0 Å². The van der Waals surface area contributed by atoms with Gasteiger partial charge in [-0.15, -0.1) is 0 Å². The highest BCUT2D eigenvalue weighted by Gasteiger charge is 2.14. The van der Waals surface area contributed by atoms with Gasteiger partial charge in [-0.3, -0.25) is 4.79 Å². The number of anilines is 1. The Labute approximate surface area is 119 Å². The first-order chi connectivity index (χ1) is 10.0. The molecule has 3 nitrogen and oxygen atoms in total. The van der Waals surface area contributed by atoms with Crippen molar-refractivity contribution in [2.45, 2.75) is 6.42 Å². The minimum atomic E-state index is -1.57. The highest BCUT2D eigenvalue weighted by atomic mass is 19.2. The van der Waals surface area contributed by atoms with Crippen molar-refractivity contribution in [3.63, 3.8) is 0 Å². The summed E-state index contributed by atoms with van der Waals surface area (Å²) in [5, 5.41) is 2.34. The van der Waals surface area contributed by atoms with E-state index in [1.54, 1.807) is 24.3 Å². The second kappa shape index (κ2) is 6.41. The van der Waals surface area contributed by atoms with Gasteiger partial charge in [-0.25, -0.2) is 13.2 Å². The summed E-state index contributed by atoms with van der Waals surface area (Å²) in [6, 6.07) is 8.20. The van der Waals surface area contributed by atoms with Crippen molar-refractivity contribution in [3.8, 4) is 0 Å². The molecule has 0 saturated heterocycles. The van der Waals surface area contributed by atoms with Gasteiger partial charge in [-0.1, -0.05) is 18.2 Å². The summed E-state index contributed by atoms with van der Waals surface area (Å²) in [4.78, 5) is 12.1. The summed E-state index contributed by atoms with van der Waals surface area (Å²) in [6.07, 6.45) is 0.496. The van der Waals surface area contributed by atoms with E-state index in [9.17, 15) is 18.0 Å². The largest absolute Gasteiger partial charge is 0.330 e. The molecule has 0 aromatic heterocycles. The van der Waals surface area contributed by atoms with Gasteiger partial charge in [0.1, 0.15) is 0 Å². The average Bonchev–Trinajstić information content (AvgIpc) is 2.45. The minimum absolute atomic E-state index is 0.154. The molecule has 0 heterocycles. The van der Waals surface area contributed by atoms with Crippen LogP contribution in [0.4, 0.5) is 18.9 Å². The number of nitrogens with two attached hydrogens (primary N) is 1. The SMILES string of the molecule is NCCc1ccccc1C(=O)Nc1cc(F)c(F)c(F)c1. The molecule has 110 valence electrons. The van der Waals surface area contributed by atoms with E-state index in [1.807, 2.05) is 0 Å². The van der Waals surface area contributed by atoms with Gasteiger partial charge in [0, 0.05) is 23.4 Å². The normalized spacial score (nSPS) is 10.5. The van der Waals surface area contributed by atoms with Crippen LogP contribution in [0, 0.1) is 17.5 Å². The van der Waals surface area contributed by atoms with E-state index in [1.165, 1.54) is 0 Å². The topological polar surface area (TPSA) is 55.1 Å². The molecule has 0 spiro atoms. The van der Waals surface area contributed by atoms with Crippen molar-refractivity contribution < 1.29 is 18.0 Å². The minimum Gasteiger partial charge on any atom is -0.330 e. The zero-order valence-electron chi connectivity index (χ0n) is 11.0. The van der Waals surface area contributed by atoms with Crippen LogP contribution in [-0.2, 0) is 6.42 Å². The second-order valence-corrected chi connectivity index (χ2v) is 4.40. The Morgan fingerprint density at radius 1 is 1.10 bits per heavy atom. The maximum Gasteiger partial charge on any atom is 0.255 e. The fourth-order valence-electron chi connectivity index (χ4n) is 1.94. The number of nitrogens with one attached hydrogen (secondary N) is 1. The maximum absolute atomic E-state index is 13.1. The summed E-state index contributed by atoms with van der Waals surface area (Å²) < 4.78 is 39.1. The van der Waals surface area contributed by atoms with E-state index in [0.717, 1.165) is 17.7 Å². The first kappa shape index (κ1) is 15.1. The predicted octanol–water partition coefficient (Wildman–Crippen LogP) is 2.86. The van der Waals surface area contributed by atoms with Gasteiger partial charge in [-0.2, -0.15) is 0 Å². The fraction of sp³-hybridized carbons (Fsp3) is 0.133. The molecule has 2 rings (SSSR count). The number of carbonyl (C=O) groups is 1. The molecule has 21 heavy (non-hydrogen) atoms. The molecular formula is C15H13F3N2O. The summed E-state index contributed by atoms with van der Waals surface area (Å²) >= 11 is 0. The van der Waals surface area contributed by atoms with Gasteiger partial charge in [0.15, 0.2) is 17.5 Å². The van der Waals surface area contributed by atoms with Gasteiger partial charge in [0.2, 0.25) is 0 Å². The monoisotopic (exact) mass is 294 g/mol. The number of halogens is 3. The van der Waals surface area contributed by atoms with Crippen LogP contribution in [0.25, 0.3) is 0 Å². The molecular weight excluding hydrogens is 281 g/mol. The predicted molar refractivity (Wildman–Crippen MR) is 73.5 cm³/mol. The van der Waals surface area contributed by atoms with Gasteiger partial charge >= 0.3 is 0 Å². The van der Waals surface area contributed by atoms with Gasteiger partial charge < -0.3 is 11.1 Å². The smallest absolute Gasteiger partial charge is 0.255 e. The summed E-state index contributed by atoms with van der Waals surface area (Å²) in [5.41, 5.74) is 6.39. The summed E-state index contributed by atoms with van der Waals surface area (Å²) in [6.45, 7) is 0.365. The lowest BCUT2D eigenvalue weighted by Crippen LogP contribution is -2.16. The molecule has 0 aliphatic carbocycles. The van der Waals surface area contributed by atoms with Crippen LogP contribution in [-0.4, -0.2) is 12.5 Å². The highest BCUT2D eigenvalue weighted by molar-refractivity contribution is 6.05. The van der Waals surface area contributed by atoms with Crippen LogP contribution in [0.2, 0.25) is 0 Å². The van der Waals surface area contributed by atoms with Crippen LogP contribution >= 0.6 is 0 Å². The van der Waals surface area contributed by atoms with Crippen LogP contribution < -0.4 is 11.1 Å². The number of rotatable bonds is 4. The van der Waals surface area contributed by atoms with Gasteiger partial charge in [0.25, 0.3) is 5.91 Å². The Balaban J connectivity index is 2.26. The summed E-state index contributed by atoms with van der Waals surface area (Å²) in [7, 11) is 0. The Morgan fingerprint density at radius 2 is 1.71 bits per heavy atom. The quantitative estimate of drug-likeness (QED) is 0.852. The molecule has 2 aromatic carbocycles. The number of amides is 1. The van der Waals surface area contributed by atoms with Crippen molar-refractivity contribution >= 4 is 11.6 Å². The van der Waals surface area contributed by atoms with Crippen LogP contribution in [0.15, 0.2) is 36.4 Å². The number of benzene rings is 2. The molecule has 6 heteroatoms. The number of carbonyl (C=O) groups excluding carboxylic acids is 1. The molecule has 0 aliphatic rings. The lowest BCUT2D eigenvalue weighted by Gasteiger charge is -2.10. The van der Waals surface area contributed by atoms with Crippen LogP contribution in [0.5, 0.6) is 0 Å². The zero-order chi connectivity index (χ0) is 15.4. The molecule has 0 unspecified atom stereocenters. The van der Waals surface area contributed by atoms with Crippen LogP contribution in [0.3, 0.4) is 0 Å². The van der Waals surface area contributed by atoms with Gasteiger partial charge in [0.05, 0.1) is 0 Å².